The molecule has 3 N–H and O–H groups in total. The number of rotatable bonds is 4. The van der Waals surface area contributed by atoms with Crippen molar-refractivity contribution in [3.63, 3.8) is 0 Å². The molecule has 0 aromatic heterocycles. The molecule has 0 spiro atoms. The van der Waals surface area contributed by atoms with E-state index in [0.717, 1.165) is 32.2 Å². The van der Waals surface area contributed by atoms with E-state index >= 15 is 0 Å². The Balaban J connectivity index is 1.44. The van der Waals surface area contributed by atoms with E-state index in [2.05, 4.69) is 29.6 Å². The van der Waals surface area contributed by atoms with Crippen molar-refractivity contribution in [1.82, 2.24) is 5.32 Å². The molecule has 1 atom stereocenters. The molecule has 1 unspecified atom stereocenters. The van der Waals surface area contributed by atoms with Crippen LogP contribution in [-0.4, -0.2) is 18.5 Å². The summed E-state index contributed by atoms with van der Waals surface area (Å²) in [6.07, 6.45) is 5.28. The van der Waals surface area contributed by atoms with Gasteiger partial charge in [0.05, 0.1) is 0 Å². The second-order valence-electron chi connectivity index (χ2n) is 5.96. The first-order chi connectivity index (χ1) is 9.24. The molecule has 3 heteroatoms. The molecule has 2 aliphatic carbocycles. The minimum atomic E-state index is -0.119. The summed E-state index contributed by atoms with van der Waals surface area (Å²) in [4.78, 5) is 11.1. The Morgan fingerprint density at radius 3 is 2.63 bits per heavy atom. The normalized spacial score (nSPS) is 29.4. The summed E-state index contributed by atoms with van der Waals surface area (Å²) >= 11 is 0. The Bertz CT molecular complexity index is 464. The minimum absolute atomic E-state index is 0.113. The number of amides is 1. The highest BCUT2D eigenvalue weighted by Gasteiger charge is 2.28. The van der Waals surface area contributed by atoms with Gasteiger partial charge < -0.3 is 11.1 Å². The average Bonchev–Trinajstić information content (AvgIpc) is 2.40. The van der Waals surface area contributed by atoms with Gasteiger partial charge in [-0.2, -0.15) is 0 Å². The predicted octanol–water partition coefficient (Wildman–Crippen LogP) is 1.96. The maximum Gasteiger partial charge on any atom is 0.220 e. The van der Waals surface area contributed by atoms with Gasteiger partial charge in [0.2, 0.25) is 5.91 Å². The van der Waals surface area contributed by atoms with Crippen LogP contribution in [0.2, 0.25) is 0 Å². The number of carbonyl (C=O) groups excluding carboxylic acids is 1. The summed E-state index contributed by atoms with van der Waals surface area (Å²) in [6.45, 7) is 1.07. The van der Waals surface area contributed by atoms with E-state index < -0.39 is 0 Å². The molecular weight excluding hydrogens is 236 g/mol. The second-order valence-corrected chi connectivity index (χ2v) is 5.96. The number of nitrogens with one attached hydrogen (secondary N) is 1. The van der Waals surface area contributed by atoms with E-state index in [-0.39, 0.29) is 11.8 Å². The zero-order chi connectivity index (χ0) is 13.2. The van der Waals surface area contributed by atoms with Crippen LogP contribution in [0.1, 0.15) is 42.7 Å². The van der Waals surface area contributed by atoms with E-state index in [9.17, 15) is 4.79 Å². The lowest BCUT2D eigenvalue weighted by molar-refractivity contribution is -0.122. The fourth-order valence-electron chi connectivity index (χ4n) is 3.44. The van der Waals surface area contributed by atoms with Crippen molar-refractivity contribution >= 4 is 5.91 Å². The zero-order valence-corrected chi connectivity index (χ0v) is 11.3. The number of nitrogens with two attached hydrogens (primary N) is 1. The molecule has 0 radical (unpaired) electrons. The first kappa shape index (κ1) is 12.7. The summed E-state index contributed by atoms with van der Waals surface area (Å²) in [6, 6.07) is 9.29. The van der Waals surface area contributed by atoms with E-state index in [1.807, 2.05) is 0 Å². The predicted molar refractivity (Wildman–Crippen MR) is 75.8 cm³/mol. The number of hydrogen-bond donors (Lipinski definition) is 2. The lowest BCUT2D eigenvalue weighted by Gasteiger charge is -2.33. The fraction of sp³-hybridized carbons (Fsp3) is 0.562. The van der Waals surface area contributed by atoms with Crippen molar-refractivity contribution in [3.05, 3.63) is 35.4 Å². The van der Waals surface area contributed by atoms with Gasteiger partial charge in [-0.25, -0.2) is 0 Å². The van der Waals surface area contributed by atoms with Crippen LogP contribution in [0.3, 0.4) is 0 Å². The summed E-state index contributed by atoms with van der Waals surface area (Å²) in [5, 5.41) is 3.67. The third-order valence-electron chi connectivity index (χ3n) is 4.74. The Morgan fingerprint density at radius 1 is 1.21 bits per heavy atom. The van der Waals surface area contributed by atoms with Gasteiger partial charge in [0.15, 0.2) is 0 Å². The Labute approximate surface area is 114 Å². The maximum absolute atomic E-state index is 11.1. The smallest absolute Gasteiger partial charge is 0.220 e. The van der Waals surface area contributed by atoms with Crippen LogP contribution in [0.15, 0.2) is 24.3 Å². The highest BCUT2D eigenvalue weighted by Crippen LogP contribution is 2.34. The number of primary amides is 1. The molecular formula is C16H22N2O. The molecule has 1 amide bonds. The first-order valence-corrected chi connectivity index (χ1v) is 7.34. The average molecular weight is 258 g/mol. The number of fused-ring (bicyclic) bond motifs is 1. The van der Waals surface area contributed by atoms with E-state index in [1.54, 1.807) is 0 Å². The van der Waals surface area contributed by atoms with Gasteiger partial charge in [-0.1, -0.05) is 24.3 Å². The van der Waals surface area contributed by atoms with E-state index in [0.29, 0.717) is 12.0 Å². The van der Waals surface area contributed by atoms with Crippen molar-refractivity contribution in [3.8, 4) is 0 Å². The molecule has 2 aliphatic rings. The van der Waals surface area contributed by atoms with Crippen molar-refractivity contribution in [2.75, 3.05) is 6.54 Å². The van der Waals surface area contributed by atoms with Crippen molar-refractivity contribution in [2.45, 2.75) is 44.1 Å². The first-order valence-electron chi connectivity index (χ1n) is 7.34. The summed E-state index contributed by atoms with van der Waals surface area (Å²) in [5.74, 6) is 0.680. The summed E-state index contributed by atoms with van der Waals surface area (Å²) in [7, 11) is 0. The summed E-state index contributed by atoms with van der Waals surface area (Å²) < 4.78 is 0. The van der Waals surface area contributed by atoms with E-state index in [4.69, 9.17) is 5.73 Å². The van der Waals surface area contributed by atoms with Crippen LogP contribution in [0, 0.1) is 5.92 Å². The summed E-state index contributed by atoms with van der Waals surface area (Å²) in [5.41, 5.74) is 8.38. The zero-order valence-electron chi connectivity index (χ0n) is 11.3. The van der Waals surface area contributed by atoms with Crippen molar-refractivity contribution < 1.29 is 4.79 Å². The monoisotopic (exact) mass is 258 g/mol. The lowest BCUT2D eigenvalue weighted by atomic mass is 9.77. The molecule has 1 aromatic rings. The Morgan fingerprint density at radius 2 is 1.95 bits per heavy atom. The third-order valence-corrected chi connectivity index (χ3v) is 4.74. The third kappa shape index (κ3) is 2.66. The Kier molecular flexibility index (Phi) is 3.56. The van der Waals surface area contributed by atoms with Gasteiger partial charge in [0.25, 0.3) is 0 Å². The topological polar surface area (TPSA) is 55.1 Å². The quantitative estimate of drug-likeness (QED) is 0.867. The van der Waals surface area contributed by atoms with Crippen molar-refractivity contribution in [1.29, 1.82) is 0 Å². The fourth-order valence-corrected chi connectivity index (χ4v) is 3.44. The molecule has 0 saturated heterocycles. The molecule has 19 heavy (non-hydrogen) atoms. The van der Waals surface area contributed by atoms with Gasteiger partial charge in [0, 0.05) is 24.4 Å². The van der Waals surface area contributed by atoms with Gasteiger partial charge in [0.1, 0.15) is 0 Å². The van der Waals surface area contributed by atoms with E-state index in [1.165, 1.54) is 17.5 Å². The maximum atomic E-state index is 11.1. The van der Waals surface area contributed by atoms with Gasteiger partial charge in [-0.15, -0.1) is 0 Å². The molecule has 0 heterocycles. The van der Waals surface area contributed by atoms with Crippen LogP contribution in [0.4, 0.5) is 0 Å². The molecule has 0 bridgehead atoms. The van der Waals surface area contributed by atoms with Crippen LogP contribution >= 0.6 is 0 Å². The van der Waals surface area contributed by atoms with Gasteiger partial charge >= 0.3 is 0 Å². The molecule has 1 fully saturated rings. The van der Waals surface area contributed by atoms with Gasteiger partial charge in [-0.3, -0.25) is 4.79 Å². The van der Waals surface area contributed by atoms with Crippen LogP contribution in [-0.2, 0) is 11.2 Å². The molecule has 1 saturated carbocycles. The minimum Gasteiger partial charge on any atom is -0.369 e. The SMILES string of the molecule is NC(=O)C1CCC(NCC2Cc3ccccc32)CC1. The lowest BCUT2D eigenvalue weighted by Crippen LogP contribution is -2.40. The molecule has 102 valence electrons. The molecule has 1 aromatic carbocycles. The van der Waals surface area contributed by atoms with Crippen LogP contribution < -0.4 is 11.1 Å². The number of benzene rings is 1. The Hall–Kier alpha value is -1.35. The standard InChI is InChI=1S/C16H22N2O/c17-16(19)11-5-7-14(8-6-11)18-10-13-9-12-3-1-2-4-15(12)13/h1-4,11,13-14,18H,5-10H2,(H2,17,19). The highest BCUT2D eigenvalue weighted by atomic mass is 16.1. The molecule has 0 aliphatic heterocycles. The van der Waals surface area contributed by atoms with Crippen molar-refractivity contribution in [2.24, 2.45) is 11.7 Å². The largest absolute Gasteiger partial charge is 0.369 e. The highest BCUT2D eigenvalue weighted by molar-refractivity contribution is 5.76. The van der Waals surface area contributed by atoms with Crippen LogP contribution in [0.5, 0.6) is 0 Å². The van der Waals surface area contributed by atoms with Gasteiger partial charge in [-0.05, 0) is 43.2 Å². The second kappa shape index (κ2) is 5.33. The molecule has 3 rings (SSSR count). The number of carbonyl (C=O) groups is 1. The number of hydrogen-bond acceptors (Lipinski definition) is 2. The molecule has 3 nitrogen and oxygen atoms in total. The van der Waals surface area contributed by atoms with Crippen LogP contribution in [0.25, 0.3) is 0 Å².